The van der Waals surface area contributed by atoms with Crippen molar-refractivity contribution in [2.24, 2.45) is 0 Å². The van der Waals surface area contributed by atoms with Crippen LogP contribution in [-0.2, 0) is 4.79 Å². The Bertz CT molecular complexity index is 544. The first kappa shape index (κ1) is 14.3. The van der Waals surface area contributed by atoms with E-state index in [4.69, 9.17) is 5.11 Å². The number of aliphatic hydroxyl groups is 1. The highest BCUT2D eigenvalue weighted by atomic mass is 16.4. The fourth-order valence-corrected chi connectivity index (χ4v) is 2.33. The molecule has 108 valence electrons. The first-order valence-corrected chi connectivity index (χ1v) is 6.44. The maximum absolute atomic E-state index is 12.2. The zero-order chi connectivity index (χ0) is 14.9. The number of carbonyl (C=O) groups excluding carboxylic acids is 1. The van der Waals surface area contributed by atoms with Gasteiger partial charge in [0.05, 0.1) is 6.10 Å². The molecule has 6 heteroatoms. The lowest BCUT2D eigenvalue weighted by molar-refractivity contribution is -0.141. The predicted octanol–water partition coefficient (Wildman–Crippen LogP) is 1.36. The van der Waals surface area contributed by atoms with E-state index in [1.807, 2.05) is 32.0 Å². The van der Waals surface area contributed by atoms with Gasteiger partial charge in [0.2, 0.25) is 0 Å². The van der Waals surface area contributed by atoms with Gasteiger partial charge in [-0.3, -0.25) is 0 Å². The summed E-state index contributed by atoms with van der Waals surface area (Å²) < 4.78 is 0. The van der Waals surface area contributed by atoms with Crippen molar-refractivity contribution in [1.29, 1.82) is 0 Å². The van der Waals surface area contributed by atoms with Crippen molar-refractivity contribution in [2.75, 3.05) is 11.9 Å². The van der Waals surface area contributed by atoms with Crippen LogP contribution < -0.4 is 5.32 Å². The number of urea groups is 1. The zero-order valence-corrected chi connectivity index (χ0v) is 11.5. The van der Waals surface area contributed by atoms with Gasteiger partial charge >= 0.3 is 12.0 Å². The van der Waals surface area contributed by atoms with Crippen LogP contribution in [0.15, 0.2) is 18.2 Å². The van der Waals surface area contributed by atoms with Crippen molar-refractivity contribution < 1.29 is 19.8 Å². The van der Waals surface area contributed by atoms with Gasteiger partial charge in [-0.25, -0.2) is 9.59 Å². The normalized spacial score (nSPS) is 21.9. The minimum absolute atomic E-state index is 0.0354. The molecule has 1 heterocycles. The van der Waals surface area contributed by atoms with Crippen LogP contribution in [0.25, 0.3) is 0 Å². The quantitative estimate of drug-likeness (QED) is 0.762. The number of nitrogens with zero attached hydrogens (tertiary/aromatic N) is 1. The van der Waals surface area contributed by atoms with Crippen molar-refractivity contribution in [2.45, 2.75) is 32.4 Å². The number of hydrogen-bond donors (Lipinski definition) is 3. The number of likely N-dealkylation sites (tertiary alicyclic amines) is 1. The van der Waals surface area contributed by atoms with Gasteiger partial charge in [0.1, 0.15) is 6.04 Å². The lowest BCUT2D eigenvalue weighted by Crippen LogP contribution is -2.43. The summed E-state index contributed by atoms with van der Waals surface area (Å²) in [5, 5.41) is 21.3. The maximum Gasteiger partial charge on any atom is 0.326 e. The molecule has 3 N–H and O–H groups in total. The Hall–Kier alpha value is -2.08. The fourth-order valence-electron chi connectivity index (χ4n) is 2.33. The third-order valence-electron chi connectivity index (χ3n) is 3.46. The molecule has 6 nitrogen and oxygen atoms in total. The number of benzene rings is 1. The molecule has 2 amide bonds. The number of carboxylic acids is 1. The number of carboxylic acid groups (broad SMARTS) is 1. The molecule has 0 saturated carbocycles. The average Bonchev–Trinajstić information content (AvgIpc) is 2.76. The second kappa shape index (κ2) is 5.50. The second-order valence-electron chi connectivity index (χ2n) is 5.14. The predicted molar refractivity (Wildman–Crippen MR) is 73.7 cm³/mol. The van der Waals surface area contributed by atoms with E-state index in [-0.39, 0.29) is 13.0 Å². The fraction of sp³-hybridized carbons (Fsp3) is 0.429. The maximum atomic E-state index is 12.2. The van der Waals surface area contributed by atoms with E-state index in [9.17, 15) is 14.7 Å². The average molecular weight is 278 g/mol. The van der Waals surface area contributed by atoms with Crippen LogP contribution in [0.5, 0.6) is 0 Å². The number of β-amino-alcohol motifs (C(OH)–C–C–N with tert-alkyl or cyclic N) is 1. The van der Waals surface area contributed by atoms with Crippen molar-refractivity contribution in [1.82, 2.24) is 4.90 Å². The number of aliphatic hydroxyl groups excluding tert-OH is 1. The molecule has 1 aromatic rings. The molecule has 1 fully saturated rings. The topological polar surface area (TPSA) is 89.9 Å². The monoisotopic (exact) mass is 278 g/mol. The molecule has 1 aliphatic rings. The summed E-state index contributed by atoms with van der Waals surface area (Å²) >= 11 is 0. The summed E-state index contributed by atoms with van der Waals surface area (Å²) in [7, 11) is 0. The smallest absolute Gasteiger partial charge is 0.326 e. The van der Waals surface area contributed by atoms with Gasteiger partial charge in [-0.2, -0.15) is 0 Å². The van der Waals surface area contributed by atoms with Crippen LogP contribution >= 0.6 is 0 Å². The van der Waals surface area contributed by atoms with E-state index in [1.165, 1.54) is 0 Å². The third kappa shape index (κ3) is 2.91. The van der Waals surface area contributed by atoms with Gasteiger partial charge in [-0.05, 0) is 31.0 Å². The highest BCUT2D eigenvalue weighted by molar-refractivity contribution is 5.93. The molecule has 1 aromatic carbocycles. The summed E-state index contributed by atoms with van der Waals surface area (Å²) in [5.41, 5.74) is 2.55. The molecule has 2 rings (SSSR count). The lowest BCUT2D eigenvalue weighted by atomic mass is 10.1. The molecular formula is C14H18N2O4. The van der Waals surface area contributed by atoms with E-state index >= 15 is 0 Å². The molecular weight excluding hydrogens is 260 g/mol. The van der Waals surface area contributed by atoms with Crippen LogP contribution in [0.3, 0.4) is 0 Å². The van der Waals surface area contributed by atoms with Gasteiger partial charge in [0.15, 0.2) is 0 Å². The molecule has 2 atom stereocenters. The Morgan fingerprint density at radius 1 is 1.35 bits per heavy atom. The van der Waals surface area contributed by atoms with Crippen LogP contribution in [0.1, 0.15) is 17.5 Å². The van der Waals surface area contributed by atoms with E-state index in [1.54, 1.807) is 0 Å². The van der Waals surface area contributed by atoms with Gasteiger partial charge in [0.25, 0.3) is 0 Å². The number of anilines is 1. The molecule has 0 aliphatic carbocycles. The highest BCUT2D eigenvalue weighted by Gasteiger charge is 2.39. The Balaban J connectivity index is 2.15. The summed E-state index contributed by atoms with van der Waals surface area (Å²) in [5.74, 6) is -1.10. The summed E-state index contributed by atoms with van der Waals surface area (Å²) in [6.45, 7) is 3.81. The molecule has 1 aliphatic heterocycles. The first-order valence-electron chi connectivity index (χ1n) is 6.44. The molecule has 0 spiro atoms. The number of rotatable bonds is 2. The van der Waals surface area contributed by atoms with Crippen molar-refractivity contribution in [3.63, 3.8) is 0 Å². The van der Waals surface area contributed by atoms with Crippen LogP contribution in [0, 0.1) is 13.8 Å². The van der Waals surface area contributed by atoms with Crippen molar-refractivity contribution in [3.8, 4) is 0 Å². The number of carbonyl (C=O) groups is 2. The summed E-state index contributed by atoms with van der Waals surface area (Å²) in [6.07, 6.45) is -0.726. The molecule has 0 bridgehead atoms. The van der Waals surface area contributed by atoms with Crippen molar-refractivity contribution in [3.05, 3.63) is 29.3 Å². The van der Waals surface area contributed by atoms with Crippen molar-refractivity contribution >= 4 is 17.7 Å². The number of amides is 2. The minimum atomic E-state index is -1.10. The Morgan fingerprint density at radius 2 is 2.05 bits per heavy atom. The number of hydrogen-bond acceptors (Lipinski definition) is 3. The summed E-state index contributed by atoms with van der Waals surface area (Å²) in [4.78, 5) is 24.4. The van der Waals surface area contributed by atoms with Crippen LogP contribution in [-0.4, -0.2) is 45.8 Å². The minimum Gasteiger partial charge on any atom is -0.480 e. The Labute approximate surface area is 117 Å². The molecule has 0 unspecified atom stereocenters. The first-order chi connectivity index (χ1) is 9.38. The van der Waals surface area contributed by atoms with Crippen LogP contribution in [0.2, 0.25) is 0 Å². The standard InChI is InChI=1S/C14H18N2O4/c1-8-3-4-9(2)11(5-8)15-14(20)16-7-10(17)6-12(16)13(18)19/h3-5,10,12,17H,6-7H2,1-2H3,(H,15,20)(H,18,19)/t10-,12+/m1/s1. The van der Waals surface area contributed by atoms with E-state index in [0.717, 1.165) is 16.0 Å². The number of nitrogens with one attached hydrogen (secondary N) is 1. The second-order valence-corrected chi connectivity index (χ2v) is 5.14. The highest BCUT2D eigenvalue weighted by Crippen LogP contribution is 2.21. The van der Waals surface area contributed by atoms with E-state index in [0.29, 0.717) is 5.69 Å². The largest absolute Gasteiger partial charge is 0.480 e. The van der Waals surface area contributed by atoms with E-state index < -0.39 is 24.1 Å². The van der Waals surface area contributed by atoms with Gasteiger partial charge < -0.3 is 20.4 Å². The van der Waals surface area contributed by atoms with Gasteiger partial charge in [-0.15, -0.1) is 0 Å². The number of aliphatic carboxylic acids is 1. The Morgan fingerprint density at radius 3 is 2.70 bits per heavy atom. The lowest BCUT2D eigenvalue weighted by Gasteiger charge is -2.22. The molecule has 1 saturated heterocycles. The summed E-state index contributed by atoms with van der Waals surface area (Å²) in [6, 6.07) is 4.18. The molecule has 20 heavy (non-hydrogen) atoms. The van der Waals surface area contributed by atoms with Gasteiger partial charge in [-0.1, -0.05) is 12.1 Å². The van der Waals surface area contributed by atoms with Crippen LogP contribution in [0.4, 0.5) is 10.5 Å². The van der Waals surface area contributed by atoms with E-state index in [2.05, 4.69) is 5.32 Å². The zero-order valence-electron chi connectivity index (χ0n) is 11.5. The van der Waals surface area contributed by atoms with Gasteiger partial charge in [0, 0.05) is 18.7 Å². The molecule has 0 radical (unpaired) electrons. The molecule has 0 aromatic heterocycles. The Kier molecular flexibility index (Phi) is 3.94. The number of aryl methyl sites for hydroxylation is 2. The SMILES string of the molecule is Cc1ccc(C)c(NC(=O)N2C[C@H](O)C[C@H]2C(=O)O)c1. The third-order valence-corrected chi connectivity index (χ3v) is 3.46.